The maximum atomic E-state index is 12.3. The molecule has 2 aromatic carbocycles. The number of carbonyl (C=O) groups excluding carboxylic acids is 1. The molecule has 0 N–H and O–H groups in total. The van der Waals surface area contributed by atoms with Gasteiger partial charge in [-0.05, 0) is 12.0 Å². The Morgan fingerprint density at radius 2 is 1.73 bits per heavy atom. The van der Waals surface area contributed by atoms with Crippen LogP contribution in [0.3, 0.4) is 0 Å². The fourth-order valence-electron chi connectivity index (χ4n) is 3.03. The smallest absolute Gasteiger partial charge is 0.314 e. The summed E-state index contributed by atoms with van der Waals surface area (Å²) < 4.78 is 5.17. The summed E-state index contributed by atoms with van der Waals surface area (Å²) in [7, 11) is 0. The lowest BCUT2D eigenvalue weighted by Crippen LogP contribution is -2.30. The Balaban J connectivity index is 2.09. The molecule has 0 radical (unpaired) electrons. The highest BCUT2D eigenvalue weighted by Crippen LogP contribution is 2.42. The summed E-state index contributed by atoms with van der Waals surface area (Å²) in [5.41, 5.74) is 1.39. The lowest BCUT2D eigenvalue weighted by molar-refractivity contribution is -0.385. The van der Waals surface area contributed by atoms with Gasteiger partial charge in [0.05, 0.1) is 17.4 Å². The number of nitrogens with zero attached hydrogens (tertiary/aromatic N) is 1. The second-order valence-electron chi connectivity index (χ2n) is 5.27. The van der Waals surface area contributed by atoms with Gasteiger partial charge in [0.15, 0.2) is 0 Å². The number of nitro benzene ring substituents is 1. The Bertz CT molecular complexity index is 699. The molecule has 3 rings (SSSR count). The van der Waals surface area contributed by atoms with Crippen molar-refractivity contribution in [2.24, 2.45) is 0 Å². The van der Waals surface area contributed by atoms with E-state index in [1.54, 1.807) is 18.2 Å². The summed E-state index contributed by atoms with van der Waals surface area (Å²) in [5, 5.41) is 11.3. The van der Waals surface area contributed by atoms with E-state index in [1.807, 2.05) is 30.3 Å². The third-order valence-electron chi connectivity index (χ3n) is 4.03. The molecule has 0 aliphatic carbocycles. The number of hydrogen-bond donors (Lipinski definition) is 0. The van der Waals surface area contributed by atoms with E-state index in [9.17, 15) is 14.9 Å². The van der Waals surface area contributed by atoms with Gasteiger partial charge in [0.25, 0.3) is 5.69 Å². The molecule has 0 amide bonds. The van der Waals surface area contributed by atoms with Crippen LogP contribution in [0.15, 0.2) is 54.6 Å². The topological polar surface area (TPSA) is 69.4 Å². The predicted octanol–water partition coefficient (Wildman–Crippen LogP) is 3.41. The van der Waals surface area contributed by atoms with Gasteiger partial charge < -0.3 is 4.74 Å². The van der Waals surface area contributed by atoms with Crippen molar-refractivity contribution in [2.45, 2.75) is 18.3 Å². The molecule has 5 heteroatoms. The van der Waals surface area contributed by atoms with Crippen LogP contribution in [0.4, 0.5) is 5.69 Å². The zero-order valence-electron chi connectivity index (χ0n) is 11.8. The van der Waals surface area contributed by atoms with Crippen molar-refractivity contribution in [3.05, 3.63) is 75.8 Å². The van der Waals surface area contributed by atoms with E-state index < -0.39 is 16.8 Å². The van der Waals surface area contributed by atoms with Crippen LogP contribution in [0.5, 0.6) is 0 Å². The number of esters is 1. The van der Waals surface area contributed by atoms with Gasteiger partial charge in [0, 0.05) is 17.5 Å². The van der Waals surface area contributed by atoms with Gasteiger partial charge in [0.2, 0.25) is 0 Å². The quantitative estimate of drug-likeness (QED) is 0.494. The second-order valence-corrected chi connectivity index (χ2v) is 5.27. The van der Waals surface area contributed by atoms with Crippen LogP contribution in [0.2, 0.25) is 0 Å². The van der Waals surface area contributed by atoms with Crippen molar-refractivity contribution in [1.29, 1.82) is 0 Å². The minimum Gasteiger partial charge on any atom is -0.465 e. The summed E-state index contributed by atoms with van der Waals surface area (Å²) in [6.07, 6.45) is 0.659. The summed E-state index contributed by atoms with van der Waals surface area (Å²) in [6, 6.07) is 16.0. The van der Waals surface area contributed by atoms with E-state index in [1.165, 1.54) is 6.07 Å². The highest BCUT2D eigenvalue weighted by molar-refractivity contribution is 5.82. The van der Waals surface area contributed by atoms with Gasteiger partial charge in [-0.15, -0.1) is 0 Å². The van der Waals surface area contributed by atoms with Crippen LogP contribution in [-0.4, -0.2) is 17.5 Å². The molecular formula is C17H15NO4. The van der Waals surface area contributed by atoms with Gasteiger partial charge >= 0.3 is 5.97 Å². The summed E-state index contributed by atoms with van der Waals surface area (Å²) in [5.74, 6) is -1.14. The lowest BCUT2D eigenvalue weighted by Gasteiger charge is -2.30. The average molecular weight is 297 g/mol. The summed E-state index contributed by atoms with van der Waals surface area (Å²) in [4.78, 5) is 23.1. The molecule has 1 heterocycles. The van der Waals surface area contributed by atoms with Crippen LogP contribution in [0.25, 0.3) is 0 Å². The molecule has 1 saturated heterocycles. The zero-order valence-corrected chi connectivity index (χ0v) is 11.8. The fraction of sp³-hybridized carbons (Fsp3) is 0.235. The Kier molecular flexibility index (Phi) is 3.87. The van der Waals surface area contributed by atoms with E-state index in [2.05, 4.69) is 0 Å². The molecule has 2 atom stereocenters. The second kappa shape index (κ2) is 5.97. The minimum absolute atomic E-state index is 0.0349. The number of nitro groups is 1. The number of ether oxygens (including phenoxy) is 1. The standard InChI is InChI=1S/C17H15NO4/c19-17-16(14-8-4-5-9-15(14)18(20)21)13(10-11-22-17)12-6-2-1-3-7-12/h1-9,13,16H,10-11H2/t13-,16+/m1/s1. The maximum absolute atomic E-state index is 12.3. The van der Waals surface area contributed by atoms with Crippen molar-refractivity contribution in [2.75, 3.05) is 6.61 Å². The van der Waals surface area contributed by atoms with Crippen LogP contribution in [0, 0.1) is 10.1 Å². The van der Waals surface area contributed by atoms with E-state index in [0.29, 0.717) is 18.6 Å². The minimum atomic E-state index is -0.641. The number of carbonyl (C=O) groups is 1. The van der Waals surface area contributed by atoms with Gasteiger partial charge in [-0.2, -0.15) is 0 Å². The first kappa shape index (κ1) is 14.3. The third kappa shape index (κ3) is 2.57. The van der Waals surface area contributed by atoms with Crippen LogP contribution in [0.1, 0.15) is 29.4 Å². The maximum Gasteiger partial charge on any atom is 0.314 e. The molecule has 0 unspecified atom stereocenters. The molecule has 0 aromatic heterocycles. The molecule has 112 valence electrons. The van der Waals surface area contributed by atoms with Crippen molar-refractivity contribution in [3.63, 3.8) is 0 Å². The SMILES string of the molecule is O=C1OCC[C@H](c2ccccc2)[C@H]1c1ccccc1[N+](=O)[O-]. The highest BCUT2D eigenvalue weighted by atomic mass is 16.6. The zero-order chi connectivity index (χ0) is 15.5. The fourth-order valence-corrected chi connectivity index (χ4v) is 3.03. The van der Waals surface area contributed by atoms with Gasteiger partial charge in [0.1, 0.15) is 0 Å². The molecule has 1 aliphatic heterocycles. The van der Waals surface area contributed by atoms with E-state index >= 15 is 0 Å². The Morgan fingerprint density at radius 1 is 1.05 bits per heavy atom. The molecule has 1 aliphatic rings. The normalized spacial score (nSPS) is 21.2. The molecule has 2 aromatic rings. The number of benzene rings is 2. The number of para-hydroxylation sites is 1. The number of cyclic esters (lactones) is 1. The first-order valence-electron chi connectivity index (χ1n) is 7.13. The average Bonchev–Trinajstić information content (AvgIpc) is 2.55. The van der Waals surface area contributed by atoms with Crippen LogP contribution >= 0.6 is 0 Å². The molecule has 0 spiro atoms. The predicted molar refractivity (Wildman–Crippen MR) is 80.6 cm³/mol. The molecule has 0 bridgehead atoms. The first-order valence-corrected chi connectivity index (χ1v) is 7.13. The summed E-state index contributed by atoms with van der Waals surface area (Å²) >= 11 is 0. The Morgan fingerprint density at radius 3 is 2.45 bits per heavy atom. The van der Waals surface area contributed by atoms with Gasteiger partial charge in [-0.3, -0.25) is 14.9 Å². The highest BCUT2D eigenvalue weighted by Gasteiger charge is 2.39. The monoisotopic (exact) mass is 297 g/mol. The molecule has 5 nitrogen and oxygen atoms in total. The molecule has 0 saturated carbocycles. The van der Waals surface area contributed by atoms with E-state index in [-0.39, 0.29) is 11.6 Å². The molecule has 1 fully saturated rings. The Labute approximate surface area is 127 Å². The van der Waals surface area contributed by atoms with Crippen LogP contribution in [-0.2, 0) is 9.53 Å². The molecular weight excluding hydrogens is 282 g/mol. The number of hydrogen-bond acceptors (Lipinski definition) is 4. The van der Waals surface area contributed by atoms with E-state index in [0.717, 1.165) is 5.56 Å². The van der Waals surface area contributed by atoms with Crippen molar-refractivity contribution >= 4 is 11.7 Å². The van der Waals surface area contributed by atoms with Crippen molar-refractivity contribution in [1.82, 2.24) is 0 Å². The van der Waals surface area contributed by atoms with Crippen molar-refractivity contribution in [3.8, 4) is 0 Å². The lowest BCUT2D eigenvalue weighted by atomic mass is 9.78. The summed E-state index contributed by atoms with van der Waals surface area (Å²) in [6.45, 7) is 0.343. The first-order chi connectivity index (χ1) is 10.7. The largest absolute Gasteiger partial charge is 0.465 e. The third-order valence-corrected chi connectivity index (χ3v) is 4.03. The van der Waals surface area contributed by atoms with Crippen LogP contribution < -0.4 is 0 Å². The molecule has 22 heavy (non-hydrogen) atoms. The van der Waals surface area contributed by atoms with Crippen molar-refractivity contribution < 1.29 is 14.5 Å². The van der Waals surface area contributed by atoms with E-state index in [4.69, 9.17) is 4.74 Å². The van der Waals surface area contributed by atoms with Gasteiger partial charge in [-0.25, -0.2) is 0 Å². The Hall–Kier alpha value is -2.69. The van der Waals surface area contributed by atoms with Gasteiger partial charge in [-0.1, -0.05) is 48.5 Å². The number of rotatable bonds is 3.